The van der Waals surface area contributed by atoms with E-state index in [2.05, 4.69) is 13.8 Å². The first kappa shape index (κ1) is 23.3. The van der Waals surface area contributed by atoms with Gasteiger partial charge in [-0.25, -0.2) is 0 Å². The predicted molar refractivity (Wildman–Crippen MR) is 102 cm³/mol. The second-order valence-corrected chi connectivity index (χ2v) is 13.7. The van der Waals surface area contributed by atoms with Gasteiger partial charge in [-0.2, -0.15) is 0 Å². The van der Waals surface area contributed by atoms with Crippen LogP contribution in [0.5, 0.6) is 0 Å². The summed E-state index contributed by atoms with van der Waals surface area (Å²) in [5.74, 6) is 0. The van der Waals surface area contributed by atoms with Gasteiger partial charge in [-0.3, -0.25) is 0 Å². The van der Waals surface area contributed by atoms with E-state index in [4.69, 9.17) is 17.7 Å². The number of unbranched alkanes of at least 4 members (excludes halogenated alkanes) is 4. The highest BCUT2D eigenvalue weighted by atomic mass is 28.4. The zero-order valence-corrected chi connectivity index (χ0v) is 18.4. The third kappa shape index (κ3) is 8.79. The van der Waals surface area contributed by atoms with Crippen molar-refractivity contribution in [3.05, 3.63) is 0 Å². The van der Waals surface area contributed by atoms with Crippen molar-refractivity contribution in [2.75, 3.05) is 28.4 Å². The lowest BCUT2D eigenvalue weighted by Crippen LogP contribution is -2.40. The maximum Gasteiger partial charge on any atom is 0.337 e. The molecule has 0 fully saturated rings. The molecule has 0 unspecified atom stereocenters. The Morgan fingerprint density at radius 2 is 0.783 bits per heavy atom. The minimum atomic E-state index is -1.95. The lowest BCUT2D eigenvalue weighted by atomic mass is 10.3. The van der Waals surface area contributed by atoms with Gasteiger partial charge in [0.05, 0.1) is 0 Å². The monoisotopic (exact) mass is 364 g/mol. The summed E-state index contributed by atoms with van der Waals surface area (Å²) < 4.78 is 23.2. The zero-order valence-electron chi connectivity index (χ0n) is 16.4. The van der Waals surface area contributed by atoms with E-state index in [1.54, 1.807) is 0 Å². The Kier molecular flexibility index (Phi) is 13.7. The number of rotatable bonds is 16. The van der Waals surface area contributed by atoms with Gasteiger partial charge in [-0.15, -0.1) is 0 Å². The maximum absolute atomic E-state index is 5.81. The topological polar surface area (TPSA) is 36.9 Å². The lowest BCUT2D eigenvalue weighted by molar-refractivity contribution is 0.236. The van der Waals surface area contributed by atoms with Crippen LogP contribution in [0.4, 0.5) is 0 Å². The standard InChI is InChI=1S/C17H40O4Si2/c1-7-9-14-22(18-3,19-4)16-12-11-13-17-23(20-5,21-6)15-10-8-2/h7-17H2,1-6H3. The number of hydrogen-bond acceptors (Lipinski definition) is 4. The molecule has 0 saturated heterocycles. The first-order valence-corrected chi connectivity index (χ1v) is 13.7. The van der Waals surface area contributed by atoms with Gasteiger partial charge < -0.3 is 17.7 Å². The van der Waals surface area contributed by atoms with Crippen molar-refractivity contribution in [1.82, 2.24) is 0 Å². The molecule has 0 bridgehead atoms. The average molecular weight is 365 g/mol. The summed E-state index contributed by atoms with van der Waals surface area (Å²) in [6.07, 6.45) is 8.39. The van der Waals surface area contributed by atoms with Crippen molar-refractivity contribution in [3.63, 3.8) is 0 Å². The van der Waals surface area contributed by atoms with Crippen LogP contribution in [0.25, 0.3) is 0 Å². The van der Waals surface area contributed by atoms with E-state index in [9.17, 15) is 0 Å². The third-order valence-corrected chi connectivity index (χ3v) is 12.4. The molecule has 0 heterocycles. The Hall–Kier alpha value is 0.274. The van der Waals surface area contributed by atoms with Crippen LogP contribution in [0.1, 0.15) is 58.8 Å². The molecule has 0 N–H and O–H groups in total. The van der Waals surface area contributed by atoms with Crippen LogP contribution in [0.15, 0.2) is 0 Å². The molecule has 0 spiro atoms. The summed E-state index contributed by atoms with van der Waals surface area (Å²) in [5, 5.41) is 0. The fraction of sp³-hybridized carbons (Fsp3) is 1.00. The second-order valence-electron chi connectivity index (χ2n) is 6.41. The molecule has 0 atom stereocenters. The lowest BCUT2D eigenvalue weighted by Gasteiger charge is -2.28. The van der Waals surface area contributed by atoms with Crippen LogP contribution in [-0.4, -0.2) is 45.6 Å². The van der Waals surface area contributed by atoms with E-state index >= 15 is 0 Å². The highest BCUT2D eigenvalue weighted by molar-refractivity contribution is 6.67. The molecule has 0 aromatic heterocycles. The fourth-order valence-electron chi connectivity index (χ4n) is 3.09. The van der Waals surface area contributed by atoms with Crippen LogP contribution in [0, 0.1) is 0 Å². The summed E-state index contributed by atoms with van der Waals surface area (Å²) in [7, 11) is 3.40. The van der Waals surface area contributed by atoms with Gasteiger partial charge in [-0.1, -0.05) is 58.8 Å². The van der Waals surface area contributed by atoms with Crippen molar-refractivity contribution in [3.8, 4) is 0 Å². The van der Waals surface area contributed by atoms with E-state index in [1.807, 2.05) is 28.4 Å². The predicted octanol–water partition coefficient (Wildman–Crippen LogP) is 5.23. The van der Waals surface area contributed by atoms with Gasteiger partial charge in [0.25, 0.3) is 0 Å². The summed E-state index contributed by atoms with van der Waals surface area (Å²) in [5.41, 5.74) is 0. The summed E-state index contributed by atoms with van der Waals surface area (Å²) >= 11 is 0. The van der Waals surface area contributed by atoms with Gasteiger partial charge in [0, 0.05) is 28.4 Å². The average Bonchev–Trinajstić information content (AvgIpc) is 2.60. The molecule has 4 nitrogen and oxygen atoms in total. The molecular weight excluding hydrogens is 324 g/mol. The molecule has 0 radical (unpaired) electrons. The normalized spacial score (nSPS) is 12.8. The molecule has 0 aromatic rings. The van der Waals surface area contributed by atoms with Gasteiger partial charge >= 0.3 is 17.1 Å². The van der Waals surface area contributed by atoms with Gasteiger partial charge in [0.2, 0.25) is 0 Å². The molecule has 23 heavy (non-hydrogen) atoms. The number of hydrogen-bond donors (Lipinski definition) is 0. The van der Waals surface area contributed by atoms with Crippen molar-refractivity contribution < 1.29 is 17.7 Å². The third-order valence-electron chi connectivity index (χ3n) is 4.93. The van der Waals surface area contributed by atoms with E-state index in [-0.39, 0.29) is 0 Å². The molecule has 0 saturated carbocycles. The van der Waals surface area contributed by atoms with Crippen molar-refractivity contribution in [2.24, 2.45) is 0 Å². The van der Waals surface area contributed by atoms with Gasteiger partial charge in [-0.05, 0) is 24.2 Å². The van der Waals surface area contributed by atoms with Crippen LogP contribution in [0.3, 0.4) is 0 Å². The first-order valence-electron chi connectivity index (χ1n) is 9.28. The van der Waals surface area contributed by atoms with Crippen LogP contribution < -0.4 is 0 Å². The molecular formula is C17H40O4Si2. The quantitative estimate of drug-likeness (QED) is 0.278. The minimum absolute atomic E-state index is 1.10. The molecule has 0 aliphatic carbocycles. The second kappa shape index (κ2) is 13.6. The van der Waals surface area contributed by atoms with E-state index in [1.165, 1.54) is 44.9 Å². The highest BCUT2D eigenvalue weighted by Crippen LogP contribution is 2.27. The molecule has 6 heteroatoms. The minimum Gasteiger partial charge on any atom is -0.398 e. The van der Waals surface area contributed by atoms with Crippen molar-refractivity contribution in [1.29, 1.82) is 0 Å². The maximum atomic E-state index is 5.81. The van der Waals surface area contributed by atoms with E-state index in [0.717, 1.165) is 24.2 Å². The van der Waals surface area contributed by atoms with Crippen LogP contribution in [-0.2, 0) is 17.7 Å². The zero-order chi connectivity index (χ0) is 17.6. The Balaban J connectivity index is 4.21. The van der Waals surface area contributed by atoms with Gasteiger partial charge in [0.1, 0.15) is 0 Å². The van der Waals surface area contributed by atoms with Crippen molar-refractivity contribution >= 4 is 17.1 Å². The Morgan fingerprint density at radius 3 is 1.04 bits per heavy atom. The Bertz CT molecular complexity index is 243. The van der Waals surface area contributed by atoms with Crippen LogP contribution in [0.2, 0.25) is 24.2 Å². The van der Waals surface area contributed by atoms with E-state index in [0.29, 0.717) is 0 Å². The summed E-state index contributed by atoms with van der Waals surface area (Å²) in [4.78, 5) is 0. The molecule has 0 amide bonds. The molecule has 0 aromatic carbocycles. The molecule has 0 rings (SSSR count). The van der Waals surface area contributed by atoms with E-state index < -0.39 is 17.1 Å². The fourth-order valence-corrected chi connectivity index (χ4v) is 8.92. The van der Waals surface area contributed by atoms with Crippen LogP contribution >= 0.6 is 0 Å². The highest BCUT2D eigenvalue weighted by Gasteiger charge is 2.35. The largest absolute Gasteiger partial charge is 0.398 e. The first-order chi connectivity index (χ1) is 11.1. The molecule has 140 valence electrons. The SMILES string of the molecule is CCCC[Si](CCCCC[Si](CCCC)(OC)OC)(OC)OC. The summed E-state index contributed by atoms with van der Waals surface area (Å²) in [6.45, 7) is 4.45. The van der Waals surface area contributed by atoms with Crippen molar-refractivity contribution in [2.45, 2.75) is 83.0 Å². The molecule has 0 aliphatic heterocycles. The summed E-state index contributed by atoms with van der Waals surface area (Å²) in [6, 6.07) is 4.43. The Labute approximate surface area is 146 Å². The Morgan fingerprint density at radius 1 is 0.478 bits per heavy atom. The smallest absolute Gasteiger partial charge is 0.337 e. The molecule has 0 aliphatic rings. The van der Waals surface area contributed by atoms with Gasteiger partial charge in [0.15, 0.2) is 0 Å².